The highest BCUT2D eigenvalue weighted by atomic mass is 32.2. The van der Waals surface area contributed by atoms with Crippen LogP contribution in [0.15, 0.2) is 76.6 Å². The number of esters is 1. The number of nitrogens with zero attached hydrogens (tertiary/aromatic N) is 2. The molecule has 1 aromatic heterocycles. The van der Waals surface area contributed by atoms with Gasteiger partial charge in [0.2, 0.25) is 17.7 Å². The number of carbonyl (C=O) groups is 4. The Balaban J connectivity index is 1.26. The van der Waals surface area contributed by atoms with E-state index in [1.165, 1.54) is 16.7 Å². The highest BCUT2D eigenvalue weighted by molar-refractivity contribution is 8.00. The molecule has 214 valence electrons. The van der Waals surface area contributed by atoms with E-state index in [0.717, 1.165) is 38.8 Å². The maximum absolute atomic E-state index is 13.7. The quantitative estimate of drug-likeness (QED) is 0.249. The molecule has 3 amide bonds. The number of amides is 3. The number of nitrogens with one attached hydrogen (secondary N) is 1. The van der Waals surface area contributed by atoms with Crippen LogP contribution in [-0.2, 0) is 31.1 Å². The first-order valence-corrected chi connectivity index (χ1v) is 15.1. The van der Waals surface area contributed by atoms with Crippen molar-refractivity contribution in [1.82, 2.24) is 4.57 Å². The lowest BCUT2D eigenvalue weighted by Crippen LogP contribution is -2.41. The Labute approximate surface area is 249 Å². The third-order valence-electron chi connectivity index (χ3n) is 7.68. The van der Waals surface area contributed by atoms with Gasteiger partial charge in [0.1, 0.15) is 11.8 Å². The van der Waals surface area contributed by atoms with E-state index in [-0.39, 0.29) is 29.8 Å². The number of hydrogen-bond acceptors (Lipinski definition) is 8. The van der Waals surface area contributed by atoms with E-state index in [4.69, 9.17) is 4.74 Å². The molecule has 11 heteroatoms. The van der Waals surface area contributed by atoms with Gasteiger partial charge in [-0.2, -0.15) is 0 Å². The number of imide groups is 1. The summed E-state index contributed by atoms with van der Waals surface area (Å²) in [5.41, 5.74) is 0.464. The van der Waals surface area contributed by atoms with Gasteiger partial charge in [-0.05, 0) is 54.1 Å². The Morgan fingerprint density at radius 2 is 1.67 bits per heavy atom. The minimum Gasteiger partial charge on any atom is -0.462 e. The van der Waals surface area contributed by atoms with Crippen molar-refractivity contribution in [3.05, 3.63) is 86.8 Å². The fourth-order valence-electron chi connectivity index (χ4n) is 5.59. The number of aromatic nitrogens is 1. The van der Waals surface area contributed by atoms with Gasteiger partial charge >= 0.3 is 10.8 Å². The van der Waals surface area contributed by atoms with Crippen LogP contribution in [0.5, 0.6) is 0 Å². The van der Waals surface area contributed by atoms with Gasteiger partial charge in [-0.15, -0.1) is 0 Å². The molecule has 4 aromatic rings. The number of hydrogen-bond donors (Lipinski definition) is 1. The Morgan fingerprint density at radius 1 is 0.952 bits per heavy atom. The van der Waals surface area contributed by atoms with E-state index in [1.54, 1.807) is 19.1 Å². The molecule has 42 heavy (non-hydrogen) atoms. The molecule has 0 aliphatic carbocycles. The van der Waals surface area contributed by atoms with Crippen LogP contribution >= 0.6 is 23.1 Å². The standard InChI is InChI=1S/C31H27N3O6S2/c1-4-40-29(38)18-10-13-21(14-11-18)34-26(36)23-24(27(34)37)41-28-25(31(23,2)3)42-30(39)33(28)16-22(35)32-20-12-9-17-7-5-6-8-19(17)15-20/h5-15,23-24H,4,16H2,1-3H3,(H,32,35)/t23-,24+/m1/s1. The van der Waals surface area contributed by atoms with Gasteiger partial charge in [0.25, 0.3) is 0 Å². The highest BCUT2D eigenvalue weighted by Gasteiger charge is 2.59. The summed E-state index contributed by atoms with van der Waals surface area (Å²) in [4.78, 5) is 67.2. The van der Waals surface area contributed by atoms with Crippen LogP contribution < -0.4 is 15.1 Å². The van der Waals surface area contributed by atoms with Gasteiger partial charge in [0.05, 0.1) is 28.8 Å². The molecule has 1 saturated heterocycles. The van der Waals surface area contributed by atoms with Crippen LogP contribution in [0.2, 0.25) is 0 Å². The Bertz CT molecular complexity index is 1820. The summed E-state index contributed by atoms with van der Waals surface area (Å²) in [5, 5.41) is 4.66. The van der Waals surface area contributed by atoms with Crippen LogP contribution in [0.25, 0.3) is 10.8 Å². The van der Waals surface area contributed by atoms with Crippen molar-refractivity contribution in [3.8, 4) is 0 Å². The summed E-state index contributed by atoms with van der Waals surface area (Å²) in [6, 6.07) is 19.6. The molecule has 0 unspecified atom stereocenters. The van der Waals surface area contributed by atoms with E-state index in [2.05, 4.69) is 5.32 Å². The van der Waals surface area contributed by atoms with Crippen molar-refractivity contribution < 1.29 is 23.9 Å². The highest BCUT2D eigenvalue weighted by Crippen LogP contribution is 2.54. The molecule has 3 heterocycles. The van der Waals surface area contributed by atoms with Gasteiger partial charge in [-0.3, -0.25) is 23.7 Å². The lowest BCUT2D eigenvalue weighted by atomic mass is 9.76. The molecular weight excluding hydrogens is 574 g/mol. The van der Waals surface area contributed by atoms with Crippen LogP contribution in [0, 0.1) is 5.92 Å². The number of rotatable bonds is 6. The topological polar surface area (TPSA) is 115 Å². The third kappa shape index (κ3) is 4.62. The Kier molecular flexibility index (Phi) is 7.02. The third-order valence-corrected chi connectivity index (χ3v) is 10.5. The van der Waals surface area contributed by atoms with Gasteiger partial charge in [0, 0.05) is 16.0 Å². The molecule has 1 N–H and O–H groups in total. The zero-order valence-corrected chi connectivity index (χ0v) is 24.7. The molecule has 9 nitrogen and oxygen atoms in total. The average Bonchev–Trinajstić information content (AvgIpc) is 3.42. The number of benzene rings is 3. The number of thiazole rings is 1. The monoisotopic (exact) mass is 601 g/mol. The molecule has 0 radical (unpaired) electrons. The second kappa shape index (κ2) is 10.6. The number of anilines is 2. The molecule has 0 spiro atoms. The first-order chi connectivity index (χ1) is 20.1. The van der Waals surface area contributed by atoms with Gasteiger partial charge in [-0.25, -0.2) is 9.69 Å². The van der Waals surface area contributed by atoms with Crippen LogP contribution in [-0.4, -0.2) is 40.1 Å². The molecule has 0 saturated carbocycles. The molecule has 0 bridgehead atoms. The van der Waals surface area contributed by atoms with Crippen molar-refractivity contribution >= 4 is 68.9 Å². The normalized spacial score (nSPS) is 19.0. The lowest BCUT2D eigenvalue weighted by Gasteiger charge is -2.36. The van der Waals surface area contributed by atoms with Crippen LogP contribution in [0.1, 0.15) is 36.0 Å². The van der Waals surface area contributed by atoms with E-state index in [9.17, 15) is 24.0 Å². The minimum absolute atomic E-state index is 0.223. The van der Waals surface area contributed by atoms with E-state index in [0.29, 0.717) is 26.8 Å². The summed E-state index contributed by atoms with van der Waals surface area (Å²) in [5.74, 6) is -2.32. The molecular formula is C31H27N3O6S2. The Hall–Kier alpha value is -4.22. The number of carbonyl (C=O) groups excluding carboxylic acids is 4. The number of fused-ring (bicyclic) bond motifs is 3. The summed E-state index contributed by atoms with van der Waals surface area (Å²) in [7, 11) is 0. The van der Waals surface area contributed by atoms with Crippen molar-refractivity contribution in [3.63, 3.8) is 0 Å². The van der Waals surface area contributed by atoms with E-state index in [1.807, 2.05) is 56.3 Å². The SMILES string of the molecule is CCOC(=O)c1ccc(N2C(=O)[C@H]3Sc4c(sc(=O)n4CC(=O)Nc4ccc5ccccc5c4)C(C)(C)[C@H]3C2=O)cc1. The maximum Gasteiger partial charge on any atom is 0.338 e. The van der Waals surface area contributed by atoms with E-state index >= 15 is 0 Å². The van der Waals surface area contributed by atoms with Crippen molar-refractivity contribution in [2.75, 3.05) is 16.8 Å². The van der Waals surface area contributed by atoms with Gasteiger partial charge in [0.15, 0.2) is 0 Å². The summed E-state index contributed by atoms with van der Waals surface area (Å²) < 4.78 is 6.42. The maximum atomic E-state index is 13.7. The fraction of sp³-hybridized carbons (Fsp3) is 0.258. The average molecular weight is 602 g/mol. The summed E-state index contributed by atoms with van der Waals surface area (Å²) in [6.07, 6.45) is 0. The smallest absolute Gasteiger partial charge is 0.338 e. The second-order valence-electron chi connectivity index (χ2n) is 10.7. The predicted octanol–water partition coefficient (Wildman–Crippen LogP) is 4.82. The van der Waals surface area contributed by atoms with Crippen LogP contribution in [0.3, 0.4) is 0 Å². The van der Waals surface area contributed by atoms with E-state index < -0.39 is 28.5 Å². The molecule has 2 atom stereocenters. The number of thioether (sulfide) groups is 1. The lowest BCUT2D eigenvalue weighted by molar-refractivity contribution is -0.123. The molecule has 2 aliphatic heterocycles. The van der Waals surface area contributed by atoms with Crippen LogP contribution in [0.4, 0.5) is 11.4 Å². The molecule has 3 aromatic carbocycles. The zero-order chi connectivity index (χ0) is 29.8. The molecule has 1 fully saturated rings. The van der Waals surface area contributed by atoms with Crippen molar-refractivity contribution in [2.24, 2.45) is 5.92 Å². The minimum atomic E-state index is -0.832. The first-order valence-electron chi connectivity index (χ1n) is 13.4. The largest absolute Gasteiger partial charge is 0.462 e. The fourth-order valence-corrected chi connectivity index (χ4v) is 8.63. The summed E-state index contributed by atoms with van der Waals surface area (Å²) >= 11 is 2.17. The van der Waals surface area contributed by atoms with Gasteiger partial charge in [-0.1, -0.05) is 67.3 Å². The van der Waals surface area contributed by atoms with Crippen molar-refractivity contribution in [1.29, 1.82) is 0 Å². The molecule has 2 aliphatic rings. The predicted molar refractivity (Wildman–Crippen MR) is 162 cm³/mol. The van der Waals surface area contributed by atoms with Gasteiger partial charge < -0.3 is 10.1 Å². The number of ether oxygens (including phenoxy) is 1. The first kappa shape index (κ1) is 27.9. The molecule has 6 rings (SSSR count). The second-order valence-corrected chi connectivity index (χ2v) is 12.8. The van der Waals surface area contributed by atoms with Crippen molar-refractivity contribution in [2.45, 2.75) is 43.0 Å². The Morgan fingerprint density at radius 3 is 2.38 bits per heavy atom. The summed E-state index contributed by atoms with van der Waals surface area (Å²) in [6.45, 7) is 5.44. The zero-order valence-electron chi connectivity index (χ0n) is 23.1.